The molecular weight excluding hydrogens is 449 g/mol. The molecule has 35 heavy (non-hydrogen) atoms. The van der Waals surface area contributed by atoms with Gasteiger partial charge in [0.2, 0.25) is 5.67 Å². The SMILES string of the molecule is O=C(O)C[C@H](NC(=O)C1(F)CN(CCc2ccc3c(n2)NCCC3)C1)c1cnc2ccccc2c1. The Labute approximate surface area is 202 Å². The summed E-state index contributed by atoms with van der Waals surface area (Å²) in [5.41, 5.74) is 1.40. The first-order chi connectivity index (χ1) is 16.9. The van der Waals surface area contributed by atoms with Crippen molar-refractivity contribution in [1.82, 2.24) is 20.2 Å². The van der Waals surface area contributed by atoms with E-state index in [0.29, 0.717) is 18.5 Å². The molecule has 0 saturated carbocycles. The largest absolute Gasteiger partial charge is 0.481 e. The van der Waals surface area contributed by atoms with Gasteiger partial charge in [-0.1, -0.05) is 24.3 Å². The molecule has 8 nitrogen and oxygen atoms in total. The number of aromatic nitrogens is 2. The molecule has 0 spiro atoms. The van der Waals surface area contributed by atoms with Gasteiger partial charge in [-0.25, -0.2) is 9.37 Å². The van der Waals surface area contributed by atoms with Crippen molar-refractivity contribution < 1.29 is 19.1 Å². The maximum atomic E-state index is 15.3. The molecule has 2 aliphatic heterocycles. The number of nitrogens with one attached hydrogen (secondary N) is 2. The molecule has 5 rings (SSSR count). The first kappa shape index (κ1) is 23.2. The van der Waals surface area contributed by atoms with Crippen LogP contribution in [0.4, 0.5) is 10.2 Å². The second kappa shape index (κ2) is 9.58. The molecule has 182 valence electrons. The van der Waals surface area contributed by atoms with Gasteiger partial charge in [0.15, 0.2) is 0 Å². The van der Waals surface area contributed by atoms with E-state index in [4.69, 9.17) is 0 Å². The van der Waals surface area contributed by atoms with Gasteiger partial charge in [-0.2, -0.15) is 0 Å². The Bertz CT molecular complexity index is 1260. The molecule has 4 heterocycles. The molecule has 1 atom stereocenters. The fraction of sp³-hybridized carbons (Fsp3) is 0.385. The zero-order valence-corrected chi connectivity index (χ0v) is 19.3. The number of rotatable bonds is 8. The number of pyridine rings is 2. The number of fused-ring (bicyclic) bond motifs is 2. The third-order valence-corrected chi connectivity index (χ3v) is 6.69. The Morgan fingerprint density at radius 2 is 2.06 bits per heavy atom. The molecule has 1 amide bonds. The summed E-state index contributed by atoms with van der Waals surface area (Å²) < 4.78 is 15.3. The Hall–Kier alpha value is -3.59. The lowest BCUT2D eigenvalue weighted by atomic mass is 9.93. The number of amides is 1. The van der Waals surface area contributed by atoms with Crippen LogP contribution in [0.2, 0.25) is 0 Å². The number of carbonyl (C=O) groups excluding carboxylic acids is 1. The third-order valence-electron chi connectivity index (χ3n) is 6.69. The van der Waals surface area contributed by atoms with E-state index in [1.165, 1.54) is 11.8 Å². The van der Waals surface area contributed by atoms with Crippen LogP contribution in [0.1, 0.15) is 35.7 Å². The van der Waals surface area contributed by atoms with Gasteiger partial charge in [-0.05, 0) is 42.2 Å². The number of hydrogen-bond acceptors (Lipinski definition) is 6. The second-order valence-electron chi connectivity index (χ2n) is 9.35. The van der Waals surface area contributed by atoms with Crippen molar-refractivity contribution in [3.63, 3.8) is 0 Å². The second-order valence-corrected chi connectivity index (χ2v) is 9.35. The number of nitrogens with zero attached hydrogens (tertiary/aromatic N) is 3. The first-order valence-electron chi connectivity index (χ1n) is 11.9. The summed E-state index contributed by atoms with van der Waals surface area (Å²) in [5, 5.41) is 16.1. The number of carbonyl (C=O) groups is 2. The van der Waals surface area contributed by atoms with Crippen LogP contribution in [0, 0.1) is 0 Å². The summed E-state index contributed by atoms with van der Waals surface area (Å²) in [6.45, 7) is 1.46. The van der Waals surface area contributed by atoms with Crippen molar-refractivity contribution in [3.8, 4) is 0 Å². The molecule has 0 unspecified atom stereocenters. The number of aliphatic carboxylic acids is 1. The highest BCUT2D eigenvalue weighted by Gasteiger charge is 2.50. The van der Waals surface area contributed by atoms with E-state index in [0.717, 1.165) is 41.8 Å². The smallest absolute Gasteiger partial charge is 0.305 e. The Morgan fingerprint density at radius 1 is 1.23 bits per heavy atom. The molecule has 2 aliphatic rings. The fourth-order valence-electron chi connectivity index (χ4n) is 4.74. The van der Waals surface area contributed by atoms with Gasteiger partial charge in [0.05, 0.1) is 18.0 Å². The number of benzene rings is 1. The standard InChI is InChI=1S/C26H28FN5O3/c27-26(15-32(16-26)11-9-20-8-7-17-5-3-10-28-24(17)30-20)25(35)31-22(13-23(33)34)19-12-18-4-1-2-6-21(18)29-14-19/h1-2,4,6-8,12,14,22H,3,5,9-11,13,15-16H2,(H,28,30)(H,31,35)(H,33,34)/t22-/m0/s1. The van der Waals surface area contributed by atoms with Gasteiger partial charge in [-0.3, -0.25) is 19.5 Å². The Morgan fingerprint density at radius 3 is 2.89 bits per heavy atom. The van der Waals surface area contributed by atoms with Crippen LogP contribution in [0.25, 0.3) is 10.9 Å². The molecule has 1 fully saturated rings. The first-order valence-corrected chi connectivity index (χ1v) is 11.9. The minimum absolute atomic E-state index is 0.0300. The maximum Gasteiger partial charge on any atom is 0.305 e. The maximum absolute atomic E-state index is 15.3. The van der Waals surface area contributed by atoms with Gasteiger partial charge >= 0.3 is 5.97 Å². The van der Waals surface area contributed by atoms with Gasteiger partial charge in [0.1, 0.15) is 5.82 Å². The number of carboxylic acids is 1. The van der Waals surface area contributed by atoms with E-state index in [1.807, 2.05) is 35.2 Å². The number of carboxylic acid groups (broad SMARTS) is 1. The molecule has 1 aromatic carbocycles. The van der Waals surface area contributed by atoms with E-state index >= 15 is 4.39 Å². The summed E-state index contributed by atoms with van der Waals surface area (Å²) in [6.07, 6.45) is 3.97. The number of likely N-dealkylation sites (tertiary alicyclic amines) is 1. The predicted octanol–water partition coefficient (Wildman–Crippen LogP) is 2.89. The highest BCUT2D eigenvalue weighted by atomic mass is 19.1. The molecule has 2 aromatic heterocycles. The van der Waals surface area contributed by atoms with E-state index in [1.54, 1.807) is 6.07 Å². The Balaban J connectivity index is 1.19. The topological polar surface area (TPSA) is 107 Å². The van der Waals surface area contributed by atoms with Crippen LogP contribution in [-0.2, 0) is 22.4 Å². The van der Waals surface area contributed by atoms with Crippen molar-refractivity contribution in [2.24, 2.45) is 0 Å². The van der Waals surface area contributed by atoms with Crippen LogP contribution >= 0.6 is 0 Å². The van der Waals surface area contributed by atoms with Gasteiger partial charge in [-0.15, -0.1) is 0 Å². The highest BCUT2D eigenvalue weighted by molar-refractivity contribution is 5.88. The van der Waals surface area contributed by atoms with E-state index in [9.17, 15) is 14.7 Å². The van der Waals surface area contributed by atoms with Crippen molar-refractivity contribution >= 4 is 28.6 Å². The molecule has 3 N–H and O–H groups in total. The van der Waals surface area contributed by atoms with E-state index in [2.05, 4.69) is 26.7 Å². The average molecular weight is 478 g/mol. The molecule has 0 bridgehead atoms. The predicted molar refractivity (Wildman–Crippen MR) is 130 cm³/mol. The molecule has 9 heteroatoms. The minimum Gasteiger partial charge on any atom is -0.481 e. The summed E-state index contributed by atoms with van der Waals surface area (Å²) >= 11 is 0. The van der Waals surface area contributed by atoms with Crippen molar-refractivity contribution in [1.29, 1.82) is 0 Å². The molecule has 3 aromatic rings. The molecule has 1 saturated heterocycles. The van der Waals surface area contributed by atoms with Crippen molar-refractivity contribution in [3.05, 3.63) is 65.5 Å². The lowest BCUT2D eigenvalue weighted by Crippen LogP contribution is -2.66. The van der Waals surface area contributed by atoms with E-state index in [-0.39, 0.29) is 19.5 Å². The van der Waals surface area contributed by atoms with Gasteiger partial charge in [0, 0.05) is 49.9 Å². The number of halogens is 1. The number of para-hydroxylation sites is 1. The van der Waals surface area contributed by atoms with E-state index < -0.39 is 23.6 Å². The molecular formula is C26H28FN5O3. The van der Waals surface area contributed by atoms with Crippen molar-refractivity contribution in [2.75, 3.05) is 31.5 Å². The van der Waals surface area contributed by atoms with Gasteiger partial charge in [0.25, 0.3) is 5.91 Å². The summed E-state index contributed by atoms with van der Waals surface area (Å²) in [5.74, 6) is -0.938. The van der Waals surface area contributed by atoms with Crippen molar-refractivity contribution in [2.45, 2.75) is 37.4 Å². The summed E-state index contributed by atoms with van der Waals surface area (Å²) in [6, 6.07) is 12.4. The minimum atomic E-state index is -2.05. The summed E-state index contributed by atoms with van der Waals surface area (Å²) in [7, 11) is 0. The number of alkyl halides is 1. The van der Waals surface area contributed by atoms with Gasteiger partial charge < -0.3 is 15.7 Å². The fourth-order valence-corrected chi connectivity index (χ4v) is 4.74. The Kier molecular flexibility index (Phi) is 6.34. The number of aryl methyl sites for hydroxylation is 1. The monoisotopic (exact) mass is 477 g/mol. The molecule has 0 aliphatic carbocycles. The highest BCUT2D eigenvalue weighted by Crippen LogP contribution is 2.29. The van der Waals surface area contributed by atoms with Crippen LogP contribution in [0.3, 0.4) is 0 Å². The zero-order valence-electron chi connectivity index (χ0n) is 19.3. The lowest BCUT2D eigenvalue weighted by Gasteiger charge is -2.43. The number of hydrogen-bond donors (Lipinski definition) is 3. The third kappa shape index (κ3) is 5.09. The van der Waals surface area contributed by atoms with Crippen LogP contribution in [0.5, 0.6) is 0 Å². The zero-order chi connectivity index (χ0) is 24.4. The normalized spacial score (nSPS) is 17.6. The van der Waals surface area contributed by atoms with Crippen LogP contribution in [0.15, 0.2) is 48.7 Å². The summed E-state index contributed by atoms with van der Waals surface area (Å²) in [4.78, 5) is 35.1. The average Bonchev–Trinajstić information content (AvgIpc) is 2.84. The lowest BCUT2D eigenvalue weighted by molar-refractivity contribution is -0.146. The molecule has 0 radical (unpaired) electrons. The van der Waals surface area contributed by atoms with Crippen LogP contribution < -0.4 is 10.6 Å². The number of anilines is 1. The van der Waals surface area contributed by atoms with Crippen LogP contribution in [-0.4, -0.2) is 63.7 Å². The quantitative estimate of drug-likeness (QED) is 0.458.